The van der Waals surface area contributed by atoms with Crippen LogP contribution in [-0.2, 0) is 11.3 Å². The fourth-order valence-corrected chi connectivity index (χ4v) is 2.03. The summed E-state index contributed by atoms with van der Waals surface area (Å²) in [7, 11) is 1.71. The van der Waals surface area contributed by atoms with Crippen molar-refractivity contribution in [2.24, 2.45) is 0 Å². The first-order valence-electron chi connectivity index (χ1n) is 5.75. The molecular formula is C12H14BrN5O. The molecule has 7 heteroatoms. The Kier molecular flexibility index (Phi) is 4.64. The minimum absolute atomic E-state index is 0.164. The number of hydrogen-bond donors (Lipinski definition) is 2. The van der Waals surface area contributed by atoms with Crippen molar-refractivity contribution in [3.63, 3.8) is 0 Å². The van der Waals surface area contributed by atoms with E-state index in [0.29, 0.717) is 12.5 Å². The summed E-state index contributed by atoms with van der Waals surface area (Å²) in [5.41, 5.74) is 1.10. The van der Waals surface area contributed by atoms with E-state index in [9.17, 15) is 4.79 Å². The Bertz CT molecular complexity index is 569. The van der Waals surface area contributed by atoms with Crippen LogP contribution in [0, 0.1) is 0 Å². The summed E-state index contributed by atoms with van der Waals surface area (Å²) in [4.78, 5) is 15.4. The van der Waals surface area contributed by atoms with Gasteiger partial charge in [0.1, 0.15) is 6.33 Å². The molecule has 0 aliphatic rings. The predicted octanol–water partition coefficient (Wildman–Crippen LogP) is 1.25. The van der Waals surface area contributed by atoms with Crippen LogP contribution in [0.3, 0.4) is 0 Å². The normalized spacial score (nSPS) is 10.4. The number of rotatable bonds is 5. The van der Waals surface area contributed by atoms with Crippen LogP contribution < -0.4 is 10.6 Å². The SMILES string of the molecule is CNCC(=O)Nc1ncn(Cc2cccc(Br)c2)n1. The van der Waals surface area contributed by atoms with Gasteiger partial charge in [0.15, 0.2) is 0 Å². The molecule has 1 aromatic carbocycles. The van der Waals surface area contributed by atoms with Gasteiger partial charge in [-0.3, -0.25) is 10.1 Å². The minimum atomic E-state index is -0.164. The van der Waals surface area contributed by atoms with Gasteiger partial charge in [-0.15, -0.1) is 5.10 Å². The Hall–Kier alpha value is -1.73. The second kappa shape index (κ2) is 6.44. The van der Waals surface area contributed by atoms with Crippen molar-refractivity contribution < 1.29 is 4.79 Å². The van der Waals surface area contributed by atoms with Gasteiger partial charge in [-0.2, -0.15) is 0 Å². The molecule has 0 saturated carbocycles. The molecule has 0 radical (unpaired) electrons. The molecule has 0 saturated heterocycles. The van der Waals surface area contributed by atoms with E-state index in [2.05, 4.69) is 36.6 Å². The van der Waals surface area contributed by atoms with E-state index >= 15 is 0 Å². The fraction of sp³-hybridized carbons (Fsp3) is 0.250. The molecule has 0 atom stereocenters. The number of nitrogens with zero attached hydrogens (tertiary/aromatic N) is 3. The van der Waals surface area contributed by atoms with E-state index in [1.54, 1.807) is 18.1 Å². The lowest BCUT2D eigenvalue weighted by Crippen LogP contribution is -2.25. The lowest BCUT2D eigenvalue weighted by atomic mass is 10.2. The summed E-state index contributed by atoms with van der Waals surface area (Å²) < 4.78 is 2.70. The number of hydrogen-bond acceptors (Lipinski definition) is 4. The number of nitrogens with one attached hydrogen (secondary N) is 2. The molecule has 0 aliphatic heterocycles. The van der Waals surface area contributed by atoms with Crippen LogP contribution in [-0.4, -0.2) is 34.3 Å². The number of aromatic nitrogens is 3. The minimum Gasteiger partial charge on any atom is -0.311 e. The van der Waals surface area contributed by atoms with E-state index in [4.69, 9.17) is 0 Å². The molecule has 1 amide bonds. The Morgan fingerprint density at radius 3 is 3.05 bits per heavy atom. The van der Waals surface area contributed by atoms with Crippen LogP contribution in [0.5, 0.6) is 0 Å². The van der Waals surface area contributed by atoms with Gasteiger partial charge in [0, 0.05) is 4.47 Å². The molecule has 2 rings (SSSR count). The molecule has 1 heterocycles. The summed E-state index contributed by atoms with van der Waals surface area (Å²) in [5.74, 6) is 0.151. The summed E-state index contributed by atoms with van der Waals surface area (Å²) in [5, 5.41) is 9.56. The molecule has 0 fully saturated rings. The molecular weight excluding hydrogens is 310 g/mol. The third-order valence-electron chi connectivity index (χ3n) is 2.36. The number of amides is 1. The van der Waals surface area contributed by atoms with Crippen molar-refractivity contribution in [3.8, 4) is 0 Å². The molecule has 0 aliphatic carbocycles. The summed E-state index contributed by atoms with van der Waals surface area (Å²) in [6.07, 6.45) is 1.59. The van der Waals surface area contributed by atoms with E-state index in [1.165, 1.54) is 0 Å². The molecule has 0 bridgehead atoms. The van der Waals surface area contributed by atoms with Crippen LogP contribution >= 0.6 is 15.9 Å². The quantitative estimate of drug-likeness (QED) is 0.868. The fourth-order valence-electron chi connectivity index (χ4n) is 1.58. The average Bonchev–Trinajstić information content (AvgIpc) is 2.76. The van der Waals surface area contributed by atoms with Gasteiger partial charge in [-0.1, -0.05) is 28.1 Å². The van der Waals surface area contributed by atoms with Crippen LogP contribution in [0.4, 0.5) is 5.95 Å². The molecule has 2 N–H and O–H groups in total. The van der Waals surface area contributed by atoms with Crippen molar-refractivity contribution >= 4 is 27.8 Å². The topological polar surface area (TPSA) is 71.8 Å². The molecule has 6 nitrogen and oxygen atoms in total. The molecule has 1 aromatic heterocycles. The second-order valence-electron chi connectivity index (χ2n) is 3.97. The third kappa shape index (κ3) is 4.15. The smallest absolute Gasteiger partial charge is 0.248 e. The monoisotopic (exact) mass is 323 g/mol. The van der Waals surface area contributed by atoms with E-state index < -0.39 is 0 Å². The molecule has 0 unspecified atom stereocenters. The highest BCUT2D eigenvalue weighted by Crippen LogP contribution is 2.12. The van der Waals surface area contributed by atoms with Crippen LogP contribution in [0.15, 0.2) is 35.1 Å². The van der Waals surface area contributed by atoms with Gasteiger partial charge in [0.05, 0.1) is 13.1 Å². The lowest BCUT2D eigenvalue weighted by Gasteiger charge is -2.02. The second-order valence-corrected chi connectivity index (χ2v) is 4.89. The maximum absolute atomic E-state index is 11.4. The number of likely N-dealkylation sites (N-methyl/N-ethyl adjacent to an activating group) is 1. The van der Waals surface area contributed by atoms with E-state index in [1.807, 2.05) is 24.3 Å². The maximum Gasteiger partial charge on any atom is 0.248 e. The number of carbonyl (C=O) groups excluding carboxylic acids is 1. The lowest BCUT2D eigenvalue weighted by molar-refractivity contribution is -0.115. The van der Waals surface area contributed by atoms with Gasteiger partial charge in [-0.25, -0.2) is 9.67 Å². The molecule has 0 spiro atoms. The first-order valence-corrected chi connectivity index (χ1v) is 6.55. The number of halogens is 1. The number of benzene rings is 1. The zero-order chi connectivity index (χ0) is 13.7. The van der Waals surface area contributed by atoms with Crippen LogP contribution in [0.2, 0.25) is 0 Å². The van der Waals surface area contributed by atoms with Gasteiger partial charge >= 0.3 is 0 Å². The summed E-state index contributed by atoms with van der Waals surface area (Å²) in [6, 6.07) is 7.95. The van der Waals surface area contributed by atoms with Crippen molar-refractivity contribution in [1.82, 2.24) is 20.1 Å². The van der Waals surface area contributed by atoms with Gasteiger partial charge < -0.3 is 5.32 Å². The van der Waals surface area contributed by atoms with Crippen molar-refractivity contribution in [2.45, 2.75) is 6.54 Å². The number of anilines is 1. The van der Waals surface area contributed by atoms with Crippen LogP contribution in [0.25, 0.3) is 0 Å². The van der Waals surface area contributed by atoms with Gasteiger partial charge in [0.2, 0.25) is 11.9 Å². The zero-order valence-electron chi connectivity index (χ0n) is 10.4. The first kappa shape index (κ1) is 13.7. The standard InChI is InChI=1S/C12H14BrN5O/c1-14-6-11(19)16-12-15-8-18(17-12)7-9-3-2-4-10(13)5-9/h2-5,8,14H,6-7H2,1H3,(H,16,17,19). The Morgan fingerprint density at radius 2 is 2.32 bits per heavy atom. The van der Waals surface area contributed by atoms with Gasteiger partial charge in [0.25, 0.3) is 0 Å². The Morgan fingerprint density at radius 1 is 1.47 bits per heavy atom. The van der Waals surface area contributed by atoms with E-state index in [0.717, 1.165) is 10.0 Å². The Balaban J connectivity index is 1.99. The third-order valence-corrected chi connectivity index (χ3v) is 2.85. The van der Waals surface area contributed by atoms with Crippen molar-refractivity contribution in [2.75, 3.05) is 18.9 Å². The number of carbonyl (C=O) groups is 1. The Labute approximate surface area is 119 Å². The molecule has 100 valence electrons. The highest BCUT2D eigenvalue weighted by molar-refractivity contribution is 9.10. The van der Waals surface area contributed by atoms with Crippen molar-refractivity contribution in [3.05, 3.63) is 40.6 Å². The predicted molar refractivity (Wildman–Crippen MR) is 75.8 cm³/mol. The highest BCUT2D eigenvalue weighted by Gasteiger charge is 2.05. The average molecular weight is 324 g/mol. The van der Waals surface area contributed by atoms with Crippen LogP contribution in [0.1, 0.15) is 5.56 Å². The summed E-state index contributed by atoms with van der Waals surface area (Å²) >= 11 is 3.42. The summed E-state index contributed by atoms with van der Waals surface area (Å²) in [6.45, 7) is 0.842. The highest BCUT2D eigenvalue weighted by atomic mass is 79.9. The van der Waals surface area contributed by atoms with Gasteiger partial charge in [-0.05, 0) is 24.7 Å². The molecule has 2 aromatic rings. The first-order chi connectivity index (χ1) is 9.17. The van der Waals surface area contributed by atoms with E-state index in [-0.39, 0.29) is 12.5 Å². The largest absolute Gasteiger partial charge is 0.311 e. The maximum atomic E-state index is 11.4. The zero-order valence-corrected chi connectivity index (χ0v) is 12.0. The molecule has 19 heavy (non-hydrogen) atoms. The van der Waals surface area contributed by atoms with Crippen molar-refractivity contribution in [1.29, 1.82) is 0 Å².